The molecule has 0 fully saturated rings. The van der Waals surface area contributed by atoms with E-state index in [1.54, 1.807) is 55.4 Å². The second kappa shape index (κ2) is 7.04. The van der Waals surface area contributed by atoms with E-state index in [1.807, 2.05) is 19.1 Å². The van der Waals surface area contributed by atoms with Crippen molar-refractivity contribution in [2.45, 2.75) is 6.92 Å². The fourth-order valence-corrected chi connectivity index (χ4v) is 2.40. The van der Waals surface area contributed by atoms with Crippen LogP contribution in [-0.2, 0) is 0 Å². The van der Waals surface area contributed by atoms with E-state index in [0.717, 1.165) is 11.4 Å². The van der Waals surface area contributed by atoms with Crippen molar-refractivity contribution in [1.29, 1.82) is 0 Å². The van der Waals surface area contributed by atoms with Gasteiger partial charge in [-0.15, -0.1) is 5.10 Å². The molecule has 0 saturated carbocycles. The summed E-state index contributed by atoms with van der Waals surface area (Å²) in [6.45, 7) is 1.91. The number of rotatable bonds is 5. The van der Waals surface area contributed by atoms with E-state index in [-0.39, 0.29) is 5.91 Å². The lowest BCUT2D eigenvalue weighted by Gasteiger charge is -2.12. The Kier molecular flexibility index (Phi) is 4.65. The molecule has 0 atom stereocenters. The van der Waals surface area contributed by atoms with Gasteiger partial charge in [-0.3, -0.25) is 4.79 Å². The van der Waals surface area contributed by atoms with E-state index in [9.17, 15) is 4.79 Å². The van der Waals surface area contributed by atoms with Crippen LogP contribution >= 0.6 is 0 Å². The summed E-state index contributed by atoms with van der Waals surface area (Å²) in [5.74, 6) is 0.950. The molecule has 7 heteroatoms. The molecule has 3 rings (SSSR count). The first-order valence-corrected chi connectivity index (χ1v) is 7.63. The first kappa shape index (κ1) is 16.5. The SMILES string of the molecule is COc1ccc(OC)c(NC(=O)c2ccc(-n3nncc3C)cc2)c1. The van der Waals surface area contributed by atoms with E-state index in [1.165, 1.54) is 0 Å². The molecule has 0 radical (unpaired) electrons. The van der Waals surface area contributed by atoms with Crippen molar-refractivity contribution < 1.29 is 14.3 Å². The van der Waals surface area contributed by atoms with Crippen LogP contribution in [0, 0.1) is 6.92 Å². The predicted octanol–water partition coefficient (Wildman–Crippen LogP) is 2.85. The number of aromatic nitrogens is 3. The standard InChI is InChI=1S/C18H18N4O3/c1-12-11-19-21-22(12)14-6-4-13(5-7-14)18(23)20-16-10-15(24-2)8-9-17(16)25-3/h4-11H,1-3H3,(H,20,23). The minimum absolute atomic E-state index is 0.242. The number of hydrogen-bond acceptors (Lipinski definition) is 5. The average molecular weight is 338 g/mol. The van der Waals surface area contributed by atoms with Crippen LogP contribution in [0.15, 0.2) is 48.7 Å². The normalized spacial score (nSPS) is 10.4. The number of aryl methyl sites for hydroxylation is 1. The van der Waals surface area contributed by atoms with Crippen molar-refractivity contribution in [3.05, 3.63) is 59.9 Å². The lowest BCUT2D eigenvalue weighted by molar-refractivity contribution is 0.102. The molecule has 0 aliphatic heterocycles. The molecule has 1 aromatic heterocycles. The monoisotopic (exact) mass is 338 g/mol. The first-order chi connectivity index (χ1) is 12.1. The summed E-state index contributed by atoms with van der Waals surface area (Å²) in [5, 5.41) is 10.7. The Hall–Kier alpha value is -3.35. The summed E-state index contributed by atoms with van der Waals surface area (Å²) in [4.78, 5) is 12.5. The number of ether oxygens (including phenoxy) is 2. The number of nitrogens with zero attached hydrogens (tertiary/aromatic N) is 3. The number of benzene rings is 2. The molecule has 0 aliphatic carbocycles. The van der Waals surface area contributed by atoms with Gasteiger partial charge in [-0.2, -0.15) is 0 Å². The summed E-state index contributed by atoms with van der Waals surface area (Å²) >= 11 is 0. The lowest BCUT2D eigenvalue weighted by atomic mass is 10.2. The van der Waals surface area contributed by atoms with Crippen LogP contribution in [0.2, 0.25) is 0 Å². The van der Waals surface area contributed by atoms with Crippen LogP contribution in [0.1, 0.15) is 16.1 Å². The molecule has 0 bridgehead atoms. The van der Waals surface area contributed by atoms with Crippen LogP contribution in [0.4, 0.5) is 5.69 Å². The first-order valence-electron chi connectivity index (χ1n) is 7.63. The van der Waals surface area contributed by atoms with E-state index in [0.29, 0.717) is 22.7 Å². The maximum absolute atomic E-state index is 12.5. The van der Waals surface area contributed by atoms with Gasteiger partial charge < -0.3 is 14.8 Å². The molecule has 0 unspecified atom stereocenters. The molecule has 0 spiro atoms. The topological polar surface area (TPSA) is 78.3 Å². The van der Waals surface area contributed by atoms with Crippen LogP contribution in [0.25, 0.3) is 5.69 Å². The third-order valence-electron chi connectivity index (χ3n) is 3.75. The number of carbonyl (C=O) groups excluding carboxylic acids is 1. The van der Waals surface area contributed by atoms with Crippen LogP contribution in [0.3, 0.4) is 0 Å². The largest absolute Gasteiger partial charge is 0.497 e. The van der Waals surface area contributed by atoms with Crippen molar-refractivity contribution in [3.63, 3.8) is 0 Å². The zero-order chi connectivity index (χ0) is 17.8. The molecule has 0 aliphatic rings. The average Bonchev–Trinajstić information content (AvgIpc) is 3.07. The molecule has 2 aromatic carbocycles. The smallest absolute Gasteiger partial charge is 0.255 e. The van der Waals surface area contributed by atoms with Gasteiger partial charge in [0.1, 0.15) is 11.5 Å². The van der Waals surface area contributed by atoms with Gasteiger partial charge in [-0.1, -0.05) is 5.21 Å². The van der Waals surface area contributed by atoms with Gasteiger partial charge >= 0.3 is 0 Å². The van der Waals surface area contributed by atoms with Crippen molar-refractivity contribution in [3.8, 4) is 17.2 Å². The zero-order valence-corrected chi connectivity index (χ0v) is 14.2. The maximum atomic E-state index is 12.5. The van der Waals surface area contributed by atoms with Gasteiger partial charge in [0.25, 0.3) is 5.91 Å². The molecule has 3 aromatic rings. The van der Waals surface area contributed by atoms with Crippen LogP contribution < -0.4 is 14.8 Å². The predicted molar refractivity (Wildman–Crippen MR) is 93.6 cm³/mol. The highest BCUT2D eigenvalue weighted by Crippen LogP contribution is 2.29. The van der Waals surface area contributed by atoms with Gasteiger partial charge in [0.05, 0.1) is 37.5 Å². The summed E-state index contributed by atoms with van der Waals surface area (Å²) in [5.41, 5.74) is 2.82. The number of methoxy groups -OCH3 is 2. The lowest BCUT2D eigenvalue weighted by Crippen LogP contribution is -2.13. The Labute approximate surface area is 145 Å². The van der Waals surface area contributed by atoms with Crippen molar-refractivity contribution >= 4 is 11.6 Å². The molecule has 0 saturated heterocycles. The summed E-state index contributed by atoms with van der Waals surface area (Å²) < 4.78 is 12.2. The number of hydrogen-bond donors (Lipinski definition) is 1. The molecule has 25 heavy (non-hydrogen) atoms. The molecule has 1 amide bonds. The Bertz CT molecular complexity index is 888. The molecular formula is C18H18N4O3. The molecular weight excluding hydrogens is 320 g/mol. The van der Waals surface area contributed by atoms with Crippen molar-refractivity contribution in [1.82, 2.24) is 15.0 Å². The quantitative estimate of drug-likeness (QED) is 0.774. The minimum atomic E-state index is -0.242. The van der Waals surface area contributed by atoms with Gasteiger partial charge in [-0.05, 0) is 43.3 Å². The number of amides is 1. The van der Waals surface area contributed by atoms with Gasteiger partial charge in [0.15, 0.2) is 0 Å². The van der Waals surface area contributed by atoms with E-state index < -0.39 is 0 Å². The maximum Gasteiger partial charge on any atom is 0.255 e. The van der Waals surface area contributed by atoms with Crippen molar-refractivity contribution in [2.24, 2.45) is 0 Å². The summed E-state index contributed by atoms with van der Waals surface area (Å²) in [6, 6.07) is 12.3. The third-order valence-corrected chi connectivity index (χ3v) is 3.75. The highest BCUT2D eigenvalue weighted by atomic mass is 16.5. The summed E-state index contributed by atoms with van der Waals surface area (Å²) in [7, 11) is 3.12. The van der Waals surface area contributed by atoms with Gasteiger partial charge in [-0.25, -0.2) is 4.68 Å². The highest BCUT2D eigenvalue weighted by Gasteiger charge is 2.11. The third kappa shape index (κ3) is 3.45. The van der Waals surface area contributed by atoms with Gasteiger partial charge in [0.2, 0.25) is 0 Å². The Balaban J connectivity index is 1.81. The number of carbonyl (C=O) groups is 1. The van der Waals surface area contributed by atoms with Crippen molar-refractivity contribution in [2.75, 3.05) is 19.5 Å². The van der Waals surface area contributed by atoms with E-state index in [2.05, 4.69) is 15.6 Å². The molecule has 7 nitrogen and oxygen atoms in total. The van der Waals surface area contributed by atoms with Crippen LogP contribution in [0.5, 0.6) is 11.5 Å². The fraction of sp³-hybridized carbons (Fsp3) is 0.167. The molecule has 1 heterocycles. The molecule has 1 N–H and O–H groups in total. The number of nitrogens with one attached hydrogen (secondary N) is 1. The fourth-order valence-electron chi connectivity index (χ4n) is 2.40. The highest BCUT2D eigenvalue weighted by molar-refractivity contribution is 6.05. The summed E-state index contributed by atoms with van der Waals surface area (Å²) in [6.07, 6.45) is 1.68. The second-order valence-electron chi connectivity index (χ2n) is 5.35. The number of anilines is 1. The minimum Gasteiger partial charge on any atom is -0.497 e. The van der Waals surface area contributed by atoms with E-state index in [4.69, 9.17) is 9.47 Å². The Morgan fingerprint density at radius 2 is 1.84 bits per heavy atom. The van der Waals surface area contributed by atoms with E-state index >= 15 is 0 Å². The zero-order valence-electron chi connectivity index (χ0n) is 14.2. The Morgan fingerprint density at radius 3 is 2.44 bits per heavy atom. The Morgan fingerprint density at radius 1 is 1.08 bits per heavy atom. The second-order valence-corrected chi connectivity index (χ2v) is 5.35. The molecule has 128 valence electrons. The van der Waals surface area contributed by atoms with Gasteiger partial charge in [0, 0.05) is 11.6 Å². The van der Waals surface area contributed by atoms with Crippen LogP contribution in [-0.4, -0.2) is 35.1 Å².